The number of ether oxygens (including phenoxy) is 1. The molecular weight excluding hydrogens is 361 g/mol. The number of ketones is 1. The molecule has 1 aromatic heterocycles. The Labute approximate surface area is 145 Å². The second-order valence-corrected chi connectivity index (χ2v) is 5.17. The molecule has 0 spiro atoms. The van der Waals surface area contributed by atoms with E-state index in [0.717, 1.165) is 18.2 Å². The Kier molecular flexibility index (Phi) is 5.97. The summed E-state index contributed by atoms with van der Waals surface area (Å²) in [5, 5.41) is 1.89. The normalized spacial score (nSPS) is 10.4. The van der Waals surface area contributed by atoms with E-state index in [0.29, 0.717) is 6.07 Å². The number of esters is 1. The summed E-state index contributed by atoms with van der Waals surface area (Å²) in [5.41, 5.74) is -0.527. The number of benzene rings is 1. The Morgan fingerprint density at radius 2 is 1.92 bits per heavy atom. The van der Waals surface area contributed by atoms with Gasteiger partial charge >= 0.3 is 5.97 Å². The van der Waals surface area contributed by atoms with Gasteiger partial charge in [0.2, 0.25) is 0 Å². The number of anilines is 2. The van der Waals surface area contributed by atoms with Crippen LogP contribution in [-0.2, 0) is 9.53 Å². The number of carbonyl (C=O) groups is 2. The van der Waals surface area contributed by atoms with Crippen molar-refractivity contribution in [3.05, 3.63) is 52.4 Å². The van der Waals surface area contributed by atoms with E-state index < -0.39 is 40.8 Å². The molecule has 0 saturated heterocycles. The van der Waals surface area contributed by atoms with E-state index in [4.69, 9.17) is 11.6 Å². The number of pyridine rings is 1. The molecule has 0 fully saturated rings. The maximum absolute atomic E-state index is 13.8. The standard InChI is InChI=1S/C16H12ClF3N2O3/c1-2-25-14(24)7-13(23)9-6-11(20)15(17)22-16(9)21-12-4-3-8(18)5-10(12)19/h3-6H,2,7H2,1H3,(H,21,22). The van der Waals surface area contributed by atoms with E-state index in [1.54, 1.807) is 6.92 Å². The smallest absolute Gasteiger partial charge is 0.313 e. The summed E-state index contributed by atoms with van der Waals surface area (Å²) < 4.78 is 45.0. The van der Waals surface area contributed by atoms with Gasteiger partial charge in [0, 0.05) is 6.07 Å². The van der Waals surface area contributed by atoms with Crippen LogP contribution in [0, 0.1) is 17.5 Å². The maximum Gasteiger partial charge on any atom is 0.313 e. The van der Waals surface area contributed by atoms with Crippen LogP contribution in [0.5, 0.6) is 0 Å². The molecule has 1 heterocycles. The van der Waals surface area contributed by atoms with Crippen molar-refractivity contribution >= 4 is 34.9 Å². The summed E-state index contributed by atoms with van der Waals surface area (Å²) in [7, 11) is 0. The monoisotopic (exact) mass is 372 g/mol. The number of nitrogens with one attached hydrogen (secondary N) is 1. The van der Waals surface area contributed by atoms with Crippen molar-refractivity contribution < 1.29 is 27.5 Å². The zero-order chi connectivity index (χ0) is 18.6. The second kappa shape index (κ2) is 7.98. The molecule has 5 nitrogen and oxygen atoms in total. The Bertz CT molecular complexity index is 831. The van der Waals surface area contributed by atoms with Crippen molar-refractivity contribution in [3.63, 3.8) is 0 Å². The largest absolute Gasteiger partial charge is 0.466 e. The minimum atomic E-state index is -0.987. The van der Waals surface area contributed by atoms with Crippen LogP contribution in [-0.4, -0.2) is 23.3 Å². The van der Waals surface area contributed by atoms with Crippen molar-refractivity contribution in [2.45, 2.75) is 13.3 Å². The quantitative estimate of drug-likeness (QED) is 0.359. The van der Waals surface area contributed by atoms with Crippen LogP contribution in [0.1, 0.15) is 23.7 Å². The number of hydrogen-bond donors (Lipinski definition) is 1. The lowest BCUT2D eigenvalue weighted by Crippen LogP contribution is -2.14. The fraction of sp³-hybridized carbons (Fsp3) is 0.188. The van der Waals surface area contributed by atoms with E-state index in [2.05, 4.69) is 15.0 Å². The van der Waals surface area contributed by atoms with Crippen LogP contribution in [0.3, 0.4) is 0 Å². The summed E-state index contributed by atoms with van der Waals surface area (Å²) in [6.07, 6.45) is -0.656. The van der Waals surface area contributed by atoms with Gasteiger partial charge in [-0.1, -0.05) is 11.6 Å². The average molecular weight is 373 g/mol. The molecule has 2 rings (SSSR count). The van der Waals surface area contributed by atoms with E-state index >= 15 is 0 Å². The van der Waals surface area contributed by atoms with Gasteiger partial charge in [-0.15, -0.1) is 0 Å². The second-order valence-electron chi connectivity index (χ2n) is 4.81. The zero-order valence-electron chi connectivity index (χ0n) is 12.9. The van der Waals surface area contributed by atoms with Gasteiger partial charge in [0.25, 0.3) is 0 Å². The molecule has 1 aromatic carbocycles. The number of hydrogen-bond acceptors (Lipinski definition) is 5. The molecule has 0 aliphatic carbocycles. The molecule has 9 heteroatoms. The minimum Gasteiger partial charge on any atom is -0.466 e. The summed E-state index contributed by atoms with van der Waals surface area (Å²) in [6, 6.07) is 3.45. The van der Waals surface area contributed by atoms with Gasteiger partial charge < -0.3 is 10.1 Å². The van der Waals surface area contributed by atoms with E-state index in [1.165, 1.54) is 0 Å². The van der Waals surface area contributed by atoms with Crippen LogP contribution in [0.2, 0.25) is 5.15 Å². The number of carbonyl (C=O) groups excluding carboxylic acids is 2. The number of rotatable bonds is 6. The Hall–Kier alpha value is -2.61. The minimum absolute atomic E-state index is 0.0746. The van der Waals surface area contributed by atoms with Crippen LogP contribution in [0.15, 0.2) is 24.3 Å². The highest BCUT2D eigenvalue weighted by Gasteiger charge is 2.21. The molecule has 0 radical (unpaired) electrons. The van der Waals surface area contributed by atoms with Gasteiger partial charge in [-0.25, -0.2) is 18.2 Å². The summed E-state index contributed by atoms with van der Waals surface area (Å²) in [4.78, 5) is 27.3. The van der Waals surface area contributed by atoms with Crippen molar-refractivity contribution in [3.8, 4) is 0 Å². The van der Waals surface area contributed by atoms with Crippen molar-refractivity contribution in [1.29, 1.82) is 0 Å². The van der Waals surface area contributed by atoms with Crippen molar-refractivity contribution in [2.75, 3.05) is 11.9 Å². The first kappa shape index (κ1) is 18.7. The first-order valence-corrected chi connectivity index (χ1v) is 7.46. The molecule has 0 amide bonds. The van der Waals surface area contributed by atoms with Gasteiger partial charge in [0.15, 0.2) is 16.8 Å². The molecule has 0 bridgehead atoms. The third-order valence-corrected chi connectivity index (χ3v) is 3.29. The van der Waals surface area contributed by atoms with Crippen LogP contribution < -0.4 is 5.32 Å². The fourth-order valence-electron chi connectivity index (χ4n) is 1.93. The van der Waals surface area contributed by atoms with Crippen LogP contribution in [0.4, 0.5) is 24.7 Å². The molecule has 132 valence electrons. The summed E-state index contributed by atoms with van der Waals surface area (Å²) in [6.45, 7) is 1.64. The zero-order valence-corrected chi connectivity index (χ0v) is 13.7. The first-order valence-electron chi connectivity index (χ1n) is 7.08. The lowest BCUT2D eigenvalue weighted by molar-refractivity contribution is -0.141. The molecule has 0 aliphatic rings. The average Bonchev–Trinajstić information content (AvgIpc) is 2.53. The van der Waals surface area contributed by atoms with Gasteiger partial charge in [-0.05, 0) is 25.1 Å². The molecule has 25 heavy (non-hydrogen) atoms. The molecular formula is C16H12ClF3N2O3. The Morgan fingerprint density at radius 1 is 1.20 bits per heavy atom. The van der Waals surface area contributed by atoms with Crippen LogP contribution in [0.25, 0.3) is 0 Å². The maximum atomic E-state index is 13.8. The predicted molar refractivity (Wildman–Crippen MR) is 84.4 cm³/mol. The van der Waals surface area contributed by atoms with Crippen LogP contribution >= 0.6 is 11.6 Å². The highest BCUT2D eigenvalue weighted by atomic mass is 35.5. The lowest BCUT2D eigenvalue weighted by Gasteiger charge is -2.12. The number of aromatic nitrogens is 1. The highest BCUT2D eigenvalue weighted by molar-refractivity contribution is 6.29. The topological polar surface area (TPSA) is 68.3 Å². The SMILES string of the molecule is CCOC(=O)CC(=O)c1cc(F)c(Cl)nc1Nc1ccc(F)cc1F. The highest BCUT2D eigenvalue weighted by Crippen LogP contribution is 2.26. The Morgan fingerprint density at radius 3 is 2.56 bits per heavy atom. The van der Waals surface area contributed by atoms with Gasteiger partial charge in [-0.3, -0.25) is 9.59 Å². The molecule has 0 atom stereocenters. The summed E-state index contributed by atoms with van der Waals surface area (Å²) in [5.74, 6) is -4.61. The third kappa shape index (κ3) is 4.69. The van der Waals surface area contributed by atoms with E-state index in [1.807, 2.05) is 0 Å². The lowest BCUT2D eigenvalue weighted by atomic mass is 10.1. The van der Waals surface area contributed by atoms with Crippen molar-refractivity contribution in [2.24, 2.45) is 0 Å². The molecule has 1 N–H and O–H groups in total. The predicted octanol–water partition coefficient (Wildman–Crippen LogP) is 4.03. The first-order chi connectivity index (χ1) is 11.8. The van der Waals surface area contributed by atoms with Gasteiger partial charge in [-0.2, -0.15) is 0 Å². The molecule has 0 saturated carbocycles. The fourth-order valence-corrected chi connectivity index (χ4v) is 2.07. The Balaban J connectivity index is 2.37. The molecule has 0 aliphatic heterocycles. The molecule has 2 aromatic rings. The van der Waals surface area contributed by atoms with Gasteiger partial charge in [0.1, 0.15) is 23.9 Å². The number of halogens is 4. The summed E-state index contributed by atoms with van der Waals surface area (Å²) >= 11 is 5.59. The van der Waals surface area contributed by atoms with Gasteiger partial charge in [0.05, 0.1) is 17.9 Å². The van der Waals surface area contributed by atoms with E-state index in [-0.39, 0.29) is 23.7 Å². The van der Waals surface area contributed by atoms with E-state index in [9.17, 15) is 22.8 Å². The number of Topliss-reactive ketones (excluding diaryl/α,β-unsaturated/α-hetero) is 1. The third-order valence-electron chi connectivity index (χ3n) is 3.03. The van der Waals surface area contributed by atoms with Crippen molar-refractivity contribution in [1.82, 2.24) is 4.98 Å². The number of nitrogens with zero attached hydrogens (tertiary/aromatic N) is 1. The molecule has 0 unspecified atom stereocenters.